The lowest BCUT2D eigenvalue weighted by Gasteiger charge is -2.48. The van der Waals surface area contributed by atoms with Crippen LogP contribution in [0.3, 0.4) is 0 Å². The Morgan fingerprint density at radius 3 is 2.30 bits per heavy atom. The summed E-state index contributed by atoms with van der Waals surface area (Å²) in [5.41, 5.74) is 0.922. The van der Waals surface area contributed by atoms with Gasteiger partial charge in [-0.3, -0.25) is 13.8 Å². The van der Waals surface area contributed by atoms with Crippen LogP contribution in [0.5, 0.6) is 0 Å². The summed E-state index contributed by atoms with van der Waals surface area (Å²) in [5, 5.41) is 105. The highest BCUT2D eigenvalue weighted by atomic mass is 33.1. The maximum absolute atomic E-state index is 12.5. The number of aliphatic hydroxyl groups excluding tert-OH is 8. The maximum atomic E-state index is 12.5. The molecule has 3 heterocycles. The Morgan fingerprint density at radius 2 is 1.67 bits per heavy atom. The van der Waals surface area contributed by atoms with Gasteiger partial charge in [0.2, 0.25) is 22.2 Å². The van der Waals surface area contributed by atoms with Crippen molar-refractivity contribution in [3.8, 4) is 0 Å². The third kappa shape index (κ3) is 14.5. The van der Waals surface area contributed by atoms with Gasteiger partial charge in [-0.05, 0) is 37.5 Å². The molecule has 2 amide bonds. The van der Waals surface area contributed by atoms with Gasteiger partial charge >= 0.3 is 0 Å². The van der Waals surface area contributed by atoms with Gasteiger partial charge < -0.3 is 90.2 Å². The van der Waals surface area contributed by atoms with Gasteiger partial charge in [-0.2, -0.15) is 0 Å². The average Bonchev–Trinajstić information content (AvgIpc) is 3.71. The standard InChI is InChI=1S/C34H53N3O20S3/c1-15(39)36-23-29(55-34-31(57-60(50,51)52)28(47)27(46)30(56-34)32(48)49)26(45)21(13-38)54-33(23)53-14-20(41)25(44)24(43)19(40)12-35-16-5-4-6-17(11-16)37-22(42)8-3-2-7-18-9-10-58-59-18/h4-6,11,18-21,23-31,33-35,38,40-41,43-47H,2-3,7-10,12-14H2,1H3,(H,36,39)(H,37,42)(H,48,49)(H,50,51,52)/p-2/t18?,19-,20+,21+,23+,24+,25+,26-,27-,28-,29+,30-,31+,33-,34+/m0/s1. The van der Waals surface area contributed by atoms with E-state index in [0.717, 1.165) is 31.9 Å². The molecular formula is C34H51N3O20S3-2. The van der Waals surface area contributed by atoms with E-state index in [2.05, 4.69) is 20.1 Å². The second-order valence-electron chi connectivity index (χ2n) is 14.3. The number of nitrogens with one attached hydrogen (secondary N) is 3. The molecule has 3 aliphatic rings. The predicted octanol–water partition coefficient (Wildman–Crippen LogP) is -4.78. The number of unbranched alkanes of at least 4 members (excludes halogenated alkanes) is 1. The number of amides is 2. The first kappa shape index (κ1) is 50.2. The van der Waals surface area contributed by atoms with Crippen molar-refractivity contribution in [2.24, 2.45) is 0 Å². The van der Waals surface area contributed by atoms with Crippen LogP contribution in [0.2, 0.25) is 0 Å². The normalized spacial score (nSPS) is 31.7. The fourth-order valence-corrected chi connectivity index (χ4v) is 10.0. The summed E-state index contributed by atoms with van der Waals surface area (Å²) < 4.78 is 60.2. The van der Waals surface area contributed by atoms with Crippen molar-refractivity contribution >= 4 is 61.1 Å². The zero-order chi connectivity index (χ0) is 44.3. The van der Waals surface area contributed by atoms with Gasteiger partial charge in [0.15, 0.2) is 18.7 Å². The van der Waals surface area contributed by atoms with Crippen molar-refractivity contribution in [2.75, 3.05) is 36.1 Å². The largest absolute Gasteiger partial charge is 0.726 e. The van der Waals surface area contributed by atoms with Crippen LogP contribution in [0, 0.1) is 0 Å². The Kier molecular flexibility index (Phi) is 19.5. The highest BCUT2D eigenvalue weighted by Crippen LogP contribution is 2.40. The minimum Gasteiger partial charge on any atom is -0.726 e. The molecule has 1 aromatic carbocycles. The molecule has 342 valence electrons. The smallest absolute Gasteiger partial charge is 0.224 e. The Labute approximate surface area is 352 Å². The summed E-state index contributed by atoms with van der Waals surface area (Å²) in [6.45, 7) is -1.29. The number of carbonyl (C=O) groups excluding carboxylic acids is 3. The molecule has 3 aliphatic heterocycles. The fourth-order valence-electron chi connectivity index (χ4n) is 6.54. The molecule has 0 aliphatic carbocycles. The molecule has 15 atom stereocenters. The minimum atomic E-state index is -5.71. The Bertz CT molecular complexity index is 1660. The lowest BCUT2D eigenvalue weighted by molar-refractivity contribution is -0.363. The van der Waals surface area contributed by atoms with Crippen LogP contribution in [0.1, 0.15) is 39.0 Å². The highest BCUT2D eigenvalue weighted by molar-refractivity contribution is 8.77. The van der Waals surface area contributed by atoms with E-state index in [9.17, 15) is 73.3 Å². The summed E-state index contributed by atoms with van der Waals surface area (Å²) in [6.07, 6.45) is -23.2. The summed E-state index contributed by atoms with van der Waals surface area (Å²) in [7, 11) is -1.94. The van der Waals surface area contributed by atoms with Gasteiger partial charge in [-0.1, -0.05) is 34.1 Å². The maximum Gasteiger partial charge on any atom is 0.224 e. The third-order valence-corrected chi connectivity index (χ3v) is 13.1. The molecule has 60 heavy (non-hydrogen) atoms. The van der Waals surface area contributed by atoms with Crippen molar-refractivity contribution in [1.29, 1.82) is 0 Å². The van der Waals surface area contributed by atoms with Crippen LogP contribution >= 0.6 is 21.6 Å². The minimum absolute atomic E-state index is 0.161. The lowest BCUT2D eigenvalue weighted by Crippen LogP contribution is -2.69. The molecule has 11 N–H and O–H groups in total. The van der Waals surface area contributed by atoms with E-state index < -0.39 is 121 Å². The molecule has 0 aromatic heterocycles. The average molecular weight is 918 g/mol. The zero-order valence-electron chi connectivity index (χ0n) is 32.0. The molecule has 23 nitrogen and oxygen atoms in total. The molecule has 0 saturated carbocycles. The monoisotopic (exact) mass is 917 g/mol. The Morgan fingerprint density at radius 1 is 0.967 bits per heavy atom. The van der Waals surface area contributed by atoms with Crippen molar-refractivity contribution < 1.29 is 96.4 Å². The summed E-state index contributed by atoms with van der Waals surface area (Å²) in [5.74, 6) is -1.99. The number of aliphatic carboxylic acids is 1. The molecule has 0 radical (unpaired) electrons. The van der Waals surface area contributed by atoms with Crippen molar-refractivity contribution in [3.05, 3.63) is 24.3 Å². The molecule has 0 spiro atoms. The molecule has 1 aromatic rings. The first-order chi connectivity index (χ1) is 28.3. The number of hydrogen-bond donors (Lipinski definition) is 11. The van der Waals surface area contributed by atoms with Crippen molar-refractivity contribution in [2.45, 2.75) is 130 Å². The number of hydrogen-bond acceptors (Lipinski definition) is 23. The number of carboxylic acids is 1. The van der Waals surface area contributed by atoms with Crippen LogP contribution in [0.4, 0.5) is 11.4 Å². The Hall–Kier alpha value is -2.48. The molecule has 3 saturated heterocycles. The number of benzene rings is 1. The zero-order valence-corrected chi connectivity index (χ0v) is 34.5. The van der Waals surface area contributed by atoms with E-state index in [-0.39, 0.29) is 12.5 Å². The highest BCUT2D eigenvalue weighted by Gasteiger charge is 2.53. The summed E-state index contributed by atoms with van der Waals surface area (Å²) >= 11 is 0. The molecule has 26 heteroatoms. The Balaban J connectivity index is 1.36. The number of carboxylic acid groups (broad SMARTS) is 1. The summed E-state index contributed by atoms with van der Waals surface area (Å²) in [4.78, 5) is 36.3. The van der Waals surface area contributed by atoms with E-state index >= 15 is 0 Å². The van der Waals surface area contributed by atoms with E-state index in [4.69, 9.17) is 18.9 Å². The summed E-state index contributed by atoms with van der Waals surface area (Å²) in [6, 6.07) is 4.80. The SMILES string of the molecule is CC(=O)N[C@H]1[C@@H](OC[C@@H](O)[C@@H](O)[C@H](O)[C@@H](O)CNc2cccc(NC(=O)CCCCC3CCSS3)c2)O[C@H](CO)[C@H](O)[C@@H]1O[C@@H]1O[C@H](C(=O)[O-])[C@@H](O)[C@H](O)[C@H]1OS(=O)(=O)[O-]. The molecule has 4 rings (SSSR count). The van der Waals surface area contributed by atoms with Gasteiger partial charge in [0, 0.05) is 42.3 Å². The van der Waals surface area contributed by atoms with Crippen molar-refractivity contribution in [3.63, 3.8) is 0 Å². The van der Waals surface area contributed by atoms with Crippen LogP contribution in [-0.2, 0) is 47.9 Å². The topological polar surface area (TPSA) is 376 Å². The van der Waals surface area contributed by atoms with E-state index in [1.54, 1.807) is 24.3 Å². The van der Waals surface area contributed by atoms with Crippen LogP contribution in [0.25, 0.3) is 0 Å². The van der Waals surface area contributed by atoms with E-state index in [1.165, 1.54) is 6.42 Å². The van der Waals surface area contributed by atoms with Crippen LogP contribution in [0.15, 0.2) is 24.3 Å². The van der Waals surface area contributed by atoms with Gasteiger partial charge in [0.1, 0.15) is 61.0 Å². The second-order valence-corrected chi connectivity index (χ2v) is 18.1. The first-order valence-electron chi connectivity index (χ1n) is 18.8. The number of rotatable bonds is 22. The van der Waals surface area contributed by atoms with E-state index in [1.807, 2.05) is 21.6 Å². The van der Waals surface area contributed by atoms with Crippen LogP contribution < -0.4 is 21.1 Å². The molecule has 1 unspecified atom stereocenters. The second kappa shape index (κ2) is 23.3. The lowest BCUT2D eigenvalue weighted by atomic mass is 9.95. The number of carbonyl (C=O) groups is 3. The first-order valence-corrected chi connectivity index (χ1v) is 22.5. The van der Waals surface area contributed by atoms with Crippen molar-refractivity contribution in [1.82, 2.24) is 5.32 Å². The van der Waals surface area contributed by atoms with Crippen LogP contribution in [-0.4, -0.2) is 188 Å². The quantitative estimate of drug-likeness (QED) is 0.0225. The van der Waals surface area contributed by atoms with Gasteiger partial charge in [-0.15, -0.1) is 0 Å². The molecule has 0 bridgehead atoms. The van der Waals surface area contributed by atoms with Gasteiger partial charge in [-0.25, -0.2) is 8.42 Å². The third-order valence-electron chi connectivity index (χ3n) is 9.66. The number of ether oxygens (including phenoxy) is 4. The predicted molar refractivity (Wildman–Crippen MR) is 205 cm³/mol. The number of anilines is 2. The molecular weight excluding hydrogens is 867 g/mol. The fraction of sp³-hybridized carbons (Fsp3) is 0.735. The van der Waals surface area contributed by atoms with E-state index in [0.29, 0.717) is 23.0 Å². The van der Waals surface area contributed by atoms with Gasteiger partial charge in [0.05, 0.1) is 25.3 Å². The van der Waals surface area contributed by atoms with Gasteiger partial charge in [0.25, 0.3) is 0 Å². The number of aliphatic hydroxyl groups is 8. The molecule has 3 fully saturated rings.